The summed E-state index contributed by atoms with van der Waals surface area (Å²) in [4.78, 5) is 15.6. The average molecular weight is 420 g/mol. The van der Waals surface area contributed by atoms with Crippen molar-refractivity contribution in [3.8, 4) is 5.75 Å². The Hall–Kier alpha value is -2.33. The molecule has 164 valence electrons. The first-order chi connectivity index (χ1) is 15.1. The molecule has 31 heavy (non-hydrogen) atoms. The number of piperidine rings is 1. The van der Waals surface area contributed by atoms with E-state index in [1.165, 1.54) is 5.56 Å². The Kier molecular flexibility index (Phi) is 5.51. The summed E-state index contributed by atoms with van der Waals surface area (Å²) in [7, 11) is 1.67. The van der Waals surface area contributed by atoms with Crippen molar-refractivity contribution in [3.63, 3.8) is 0 Å². The van der Waals surface area contributed by atoms with Crippen molar-refractivity contribution >= 4 is 5.91 Å². The molecule has 3 aliphatic rings. The molecular formula is C27H33NO3. The minimum Gasteiger partial charge on any atom is -0.497 e. The zero-order chi connectivity index (χ0) is 21.3. The molecule has 2 heterocycles. The van der Waals surface area contributed by atoms with Gasteiger partial charge in [-0.3, -0.25) is 4.79 Å². The van der Waals surface area contributed by atoms with E-state index in [0.717, 1.165) is 76.0 Å². The predicted molar refractivity (Wildman–Crippen MR) is 121 cm³/mol. The fourth-order valence-corrected chi connectivity index (χ4v) is 5.68. The molecule has 5 rings (SSSR count). The average Bonchev–Trinajstić information content (AvgIpc) is 3.62. The number of benzene rings is 2. The van der Waals surface area contributed by atoms with E-state index in [1.807, 2.05) is 12.1 Å². The van der Waals surface area contributed by atoms with Crippen molar-refractivity contribution in [1.82, 2.24) is 4.90 Å². The molecule has 2 aromatic rings. The highest BCUT2D eigenvalue weighted by Gasteiger charge is 2.54. The second kappa shape index (κ2) is 8.31. The highest BCUT2D eigenvalue weighted by atomic mass is 16.5. The lowest BCUT2D eigenvalue weighted by Gasteiger charge is -2.47. The molecule has 2 aromatic carbocycles. The summed E-state index contributed by atoms with van der Waals surface area (Å²) >= 11 is 0. The number of carbonyl (C=O) groups is 1. The molecule has 2 saturated heterocycles. The zero-order valence-electron chi connectivity index (χ0n) is 18.5. The van der Waals surface area contributed by atoms with Gasteiger partial charge in [0.15, 0.2) is 0 Å². The number of nitrogens with zero attached hydrogens (tertiary/aromatic N) is 1. The van der Waals surface area contributed by atoms with Gasteiger partial charge in [0, 0.05) is 19.7 Å². The normalized spacial score (nSPS) is 24.0. The van der Waals surface area contributed by atoms with E-state index >= 15 is 0 Å². The second-order valence-corrected chi connectivity index (χ2v) is 9.68. The third-order valence-electron chi connectivity index (χ3n) is 7.73. The van der Waals surface area contributed by atoms with E-state index in [2.05, 4.69) is 47.4 Å². The van der Waals surface area contributed by atoms with Crippen molar-refractivity contribution in [3.05, 3.63) is 65.7 Å². The lowest BCUT2D eigenvalue weighted by Crippen LogP contribution is -2.52. The van der Waals surface area contributed by atoms with Crippen LogP contribution in [-0.4, -0.2) is 43.2 Å². The molecule has 0 aromatic heterocycles. The van der Waals surface area contributed by atoms with Gasteiger partial charge in [-0.1, -0.05) is 42.5 Å². The Labute approximate surface area is 185 Å². The third-order valence-corrected chi connectivity index (χ3v) is 7.73. The number of methoxy groups -OCH3 is 1. The summed E-state index contributed by atoms with van der Waals surface area (Å²) in [5, 5.41) is 0. The van der Waals surface area contributed by atoms with Gasteiger partial charge >= 0.3 is 0 Å². The van der Waals surface area contributed by atoms with E-state index in [0.29, 0.717) is 11.8 Å². The fourth-order valence-electron chi connectivity index (χ4n) is 5.68. The maximum atomic E-state index is 13.5. The topological polar surface area (TPSA) is 38.8 Å². The first-order valence-electron chi connectivity index (χ1n) is 11.7. The predicted octanol–water partition coefficient (Wildman–Crippen LogP) is 4.76. The molecule has 3 fully saturated rings. The molecule has 1 aliphatic carbocycles. The summed E-state index contributed by atoms with van der Waals surface area (Å²) in [6.07, 6.45) is 7.22. The SMILES string of the molecule is COc1ccc(C2(C(=O)N3CCC4(CC3)CC(Cc3ccccc3)CCO4)CC2)cc1. The van der Waals surface area contributed by atoms with Crippen LogP contribution in [0.3, 0.4) is 0 Å². The zero-order valence-corrected chi connectivity index (χ0v) is 18.5. The Morgan fingerprint density at radius 1 is 1.03 bits per heavy atom. The Bertz CT molecular complexity index is 896. The van der Waals surface area contributed by atoms with Crippen LogP contribution < -0.4 is 4.74 Å². The third kappa shape index (κ3) is 4.10. The van der Waals surface area contributed by atoms with Gasteiger partial charge in [0.1, 0.15) is 5.75 Å². The van der Waals surface area contributed by atoms with Gasteiger partial charge in [-0.2, -0.15) is 0 Å². The van der Waals surface area contributed by atoms with Crippen LogP contribution in [0.4, 0.5) is 0 Å². The van der Waals surface area contributed by atoms with Crippen molar-refractivity contribution in [1.29, 1.82) is 0 Å². The maximum Gasteiger partial charge on any atom is 0.233 e. The van der Waals surface area contributed by atoms with E-state index in [-0.39, 0.29) is 11.0 Å². The Morgan fingerprint density at radius 2 is 1.74 bits per heavy atom. The van der Waals surface area contributed by atoms with Gasteiger partial charge in [0.05, 0.1) is 18.1 Å². The summed E-state index contributed by atoms with van der Waals surface area (Å²) in [5.41, 5.74) is 2.22. The van der Waals surface area contributed by atoms with Crippen LogP contribution in [0.5, 0.6) is 5.75 Å². The molecule has 1 atom stereocenters. The second-order valence-electron chi connectivity index (χ2n) is 9.68. The Balaban J connectivity index is 1.21. The van der Waals surface area contributed by atoms with Crippen LogP contribution in [0.25, 0.3) is 0 Å². The van der Waals surface area contributed by atoms with E-state index < -0.39 is 0 Å². The van der Waals surface area contributed by atoms with E-state index in [9.17, 15) is 4.79 Å². The summed E-state index contributed by atoms with van der Waals surface area (Å²) in [6.45, 7) is 2.48. The molecule has 1 saturated carbocycles. The minimum atomic E-state index is -0.306. The highest BCUT2D eigenvalue weighted by Crippen LogP contribution is 2.50. The molecule has 2 aliphatic heterocycles. The van der Waals surface area contributed by atoms with E-state index in [4.69, 9.17) is 9.47 Å². The Morgan fingerprint density at radius 3 is 2.39 bits per heavy atom. The number of likely N-dealkylation sites (tertiary alicyclic amines) is 1. The fraction of sp³-hybridized carbons (Fsp3) is 0.519. The van der Waals surface area contributed by atoms with Crippen molar-refractivity contribution in [2.45, 2.75) is 56.0 Å². The van der Waals surface area contributed by atoms with E-state index in [1.54, 1.807) is 7.11 Å². The van der Waals surface area contributed by atoms with Gasteiger partial charge in [-0.15, -0.1) is 0 Å². The molecule has 1 spiro atoms. The lowest BCUT2D eigenvalue weighted by atomic mass is 9.77. The standard InChI is InChI=1S/C27H33NO3/c1-30-24-9-7-23(8-10-24)27(12-13-27)25(29)28-16-14-26(15-17-28)20-22(11-18-31-26)19-21-5-3-2-4-6-21/h2-10,22H,11-20H2,1H3. The highest BCUT2D eigenvalue weighted by molar-refractivity contribution is 5.91. The minimum absolute atomic E-state index is 0.0364. The first-order valence-corrected chi connectivity index (χ1v) is 11.7. The molecule has 1 unspecified atom stereocenters. The molecule has 0 N–H and O–H groups in total. The van der Waals surface area contributed by atoms with Crippen molar-refractivity contribution in [2.24, 2.45) is 5.92 Å². The number of amides is 1. The van der Waals surface area contributed by atoms with Crippen molar-refractivity contribution in [2.75, 3.05) is 26.8 Å². The van der Waals surface area contributed by atoms with Crippen LogP contribution in [0.15, 0.2) is 54.6 Å². The molecule has 4 nitrogen and oxygen atoms in total. The lowest BCUT2D eigenvalue weighted by molar-refractivity contribution is -0.149. The quantitative estimate of drug-likeness (QED) is 0.702. The summed E-state index contributed by atoms with van der Waals surface area (Å²) in [5.74, 6) is 1.82. The van der Waals surface area contributed by atoms with Gasteiger partial charge < -0.3 is 14.4 Å². The van der Waals surface area contributed by atoms with Crippen LogP contribution in [0.2, 0.25) is 0 Å². The van der Waals surface area contributed by atoms with Gasteiger partial charge in [0.25, 0.3) is 0 Å². The monoisotopic (exact) mass is 419 g/mol. The molecule has 4 heteroatoms. The van der Waals surface area contributed by atoms with Gasteiger partial charge in [-0.25, -0.2) is 0 Å². The van der Waals surface area contributed by atoms with Crippen molar-refractivity contribution < 1.29 is 14.3 Å². The summed E-state index contributed by atoms with van der Waals surface area (Å²) < 4.78 is 11.6. The number of hydrogen-bond acceptors (Lipinski definition) is 3. The van der Waals surface area contributed by atoms with Crippen LogP contribution in [0.1, 0.15) is 49.7 Å². The molecular weight excluding hydrogens is 386 g/mol. The maximum absolute atomic E-state index is 13.5. The largest absolute Gasteiger partial charge is 0.497 e. The van der Waals surface area contributed by atoms with Crippen LogP contribution in [-0.2, 0) is 21.4 Å². The molecule has 0 bridgehead atoms. The molecule has 1 amide bonds. The number of rotatable bonds is 5. The molecule has 0 radical (unpaired) electrons. The number of ether oxygens (including phenoxy) is 2. The summed E-state index contributed by atoms with van der Waals surface area (Å²) in [6, 6.07) is 18.9. The smallest absolute Gasteiger partial charge is 0.233 e. The van der Waals surface area contributed by atoms with Gasteiger partial charge in [-0.05, 0) is 74.1 Å². The first kappa shape index (κ1) is 20.6. The van der Waals surface area contributed by atoms with Gasteiger partial charge in [0.2, 0.25) is 5.91 Å². The number of carbonyl (C=O) groups excluding carboxylic acids is 1. The van der Waals surface area contributed by atoms with Crippen LogP contribution in [0, 0.1) is 5.92 Å². The number of hydrogen-bond donors (Lipinski definition) is 0. The van der Waals surface area contributed by atoms with Crippen LogP contribution >= 0.6 is 0 Å².